The monoisotopic (exact) mass is 522 g/mol. The van der Waals surface area contributed by atoms with Gasteiger partial charge in [-0.15, -0.1) is 0 Å². The van der Waals surface area contributed by atoms with Gasteiger partial charge in [0.1, 0.15) is 5.60 Å². The second kappa shape index (κ2) is 11.0. The number of nitrogens with one attached hydrogen (secondary N) is 1. The Kier molecular flexibility index (Phi) is 8.45. The Balaban J connectivity index is 2.18. The van der Waals surface area contributed by atoms with Crippen molar-refractivity contribution in [2.24, 2.45) is 7.05 Å². The van der Waals surface area contributed by atoms with Crippen molar-refractivity contribution in [2.45, 2.75) is 65.1 Å². The molecule has 0 saturated carbocycles. The van der Waals surface area contributed by atoms with Gasteiger partial charge in [0, 0.05) is 52.6 Å². The number of aryl methyl sites for hydroxylation is 1. The molecule has 0 saturated heterocycles. The predicted octanol–water partition coefficient (Wildman–Crippen LogP) is 6.10. The van der Waals surface area contributed by atoms with Gasteiger partial charge in [-0.3, -0.25) is 14.4 Å². The van der Waals surface area contributed by atoms with Crippen LogP contribution in [0.25, 0.3) is 11.1 Å². The molecule has 1 unspecified atom stereocenters. The third kappa shape index (κ3) is 7.63. The van der Waals surface area contributed by atoms with Crippen LogP contribution in [0.3, 0.4) is 0 Å². The Morgan fingerprint density at radius 3 is 2.19 bits per heavy atom. The molecule has 0 spiro atoms. The number of esters is 1. The van der Waals surface area contributed by atoms with E-state index in [4.69, 9.17) is 16.3 Å². The zero-order chi connectivity index (χ0) is 27.5. The molecule has 3 aromatic rings. The Labute approximate surface area is 223 Å². The topological polar surface area (TPSA) is 77.4 Å². The molecule has 3 rings (SSSR count). The molecule has 0 aliphatic carbocycles. The summed E-state index contributed by atoms with van der Waals surface area (Å²) in [4.78, 5) is 39.3. The van der Waals surface area contributed by atoms with E-state index in [1.165, 1.54) is 10.6 Å². The fraction of sp³-hybridized carbons (Fsp3) is 0.367. The van der Waals surface area contributed by atoms with Crippen molar-refractivity contribution in [2.75, 3.05) is 0 Å². The van der Waals surface area contributed by atoms with Crippen LogP contribution in [0.4, 0.5) is 0 Å². The Morgan fingerprint density at radius 2 is 1.59 bits per heavy atom. The number of ether oxygens (including phenoxy) is 1. The summed E-state index contributed by atoms with van der Waals surface area (Å²) in [7, 11) is 1.67. The highest BCUT2D eigenvalue weighted by Gasteiger charge is 2.28. The van der Waals surface area contributed by atoms with Crippen LogP contribution in [0, 0.1) is 0 Å². The summed E-state index contributed by atoms with van der Waals surface area (Å²) in [6.07, 6.45) is 1.74. The van der Waals surface area contributed by atoms with E-state index in [9.17, 15) is 14.4 Å². The largest absolute Gasteiger partial charge is 0.460 e. The molecule has 0 fully saturated rings. The van der Waals surface area contributed by atoms with Gasteiger partial charge in [0.15, 0.2) is 5.78 Å². The van der Waals surface area contributed by atoms with Crippen molar-refractivity contribution in [1.29, 1.82) is 0 Å². The fourth-order valence-electron chi connectivity index (χ4n) is 4.14. The highest BCUT2D eigenvalue weighted by Crippen LogP contribution is 2.34. The molecule has 37 heavy (non-hydrogen) atoms. The lowest BCUT2D eigenvalue weighted by atomic mass is 9.88. The molecule has 7 heteroatoms. The summed E-state index contributed by atoms with van der Waals surface area (Å²) in [6, 6.07) is 15.0. The molecule has 1 heterocycles. The maximum absolute atomic E-state index is 13.5. The molecule has 0 radical (unpaired) electrons. The van der Waals surface area contributed by atoms with Crippen molar-refractivity contribution < 1.29 is 14.3 Å². The van der Waals surface area contributed by atoms with Gasteiger partial charge >= 0.3 is 5.97 Å². The van der Waals surface area contributed by atoms with Crippen molar-refractivity contribution in [3.05, 3.63) is 92.9 Å². The normalized spacial score (nSPS) is 12.8. The maximum Gasteiger partial charge on any atom is 0.308 e. The number of ketones is 1. The molecule has 1 N–H and O–H groups in total. The first-order valence-electron chi connectivity index (χ1n) is 12.2. The minimum Gasteiger partial charge on any atom is -0.460 e. The molecule has 0 aliphatic rings. The van der Waals surface area contributed by atoms with Gasteiger partial charge in [-0.25, -0.2) is 0 Å². The quantitative estimate of drug-likeness (QED) is 0.300. The first kappa shape index (κ1) is 28.4. The van der Waals surface area contributed by atoms with Gasteiger partial charge in [0.05, 0.1) is 6.42 Å². The van der Waals surface area contributed by atoms with E-state index in [2.05, 4.69) is 5.32 Å². The molecular formula is C30H35ClN2O4. The number of nitrogens with zero attached hydrogens (tertiary/aromatic N) is 1. The number of halogens is 1. The van der Waals surface area contributed by atoms with Crippen LogP contribution in [0.15, 0.2) is 65.6 Å². The number of carbonyl (C=O) groups is 2. The van der Waals surface area contributed by atoms with Crippen LogP contribution in [-0.4, -0.2) is 27.5 Å². The lowest BCUT2D eigenvalue weighted by Gasteiger charge is -2.31. The Morgan fingerprint density at radius 1 is 0.973 bits per heavy atom. The first-order chi connectivity index (χ1) is 17.1. The second-order valence-corrected chi connectivity index (χ2v) is 11.6. The summed E-state index contributed by atoms with van der Waals surface area (Å²) in [5.74, 6) is -0.550. The number of pyridine rings is 1. The van der Waals surface area contributed by atoms with Crippen LogP contribution in [0.2, 0.25) is 5.02 Å². The van der Waals surface area contributed by atoms with Crippen LogP contribution in [0.5, 0.6) is 0 Å². The van der Waals surface area contributed by atoms with E-state index in [-0.39, 0.29) is 29.3 Å². The Hall–Kier alpha value is -3.22. The minimum absolute atomic E-state index is 0.0159. The molecule has 6 nitrogen and oxygen atoms in total. The third-order valence-corrected chi connectivity index (χ3v) is 5.85. The van der Waals surface area contributed by atoms with Gasteiger partial charge in [-0.05, 0) is 76.9 Å². The number of hydrogen-bond donors (Lipinski definition) is 1. The summed E-state index contributed by atoms with van der Waals surface area (Å²) >= 11 is 6.02. The number of aromatic nitrogens is 1. The van der Waals surface area contributed by atoms with Crippen molar-refractivity contribution in [1.82, 2.24) is 9.88 Å². The molecule has 1 atom stereocenters. The van der Waals surface area contributed by atoms with Gasteiger partial charge in [-0.2, -0.15) is 0 Å². The van der Waals surface area contributed by atoms with E-state index in [1.807, 2.05) is 53.7 Å². The standard InChI is InChI=1S/C30H35ClN2O4/c1-29(2,3)32-25(17-27(35)37-30(4,5)6)23-16-26(34)33(7)18-24(23)21-10-8-9-11-22(21)28(36)19-12-14-20(31)15-13-19/h8-16,18,25,32H,17H2,1-7H3. The molecule has 196 valence electrons. The zero-order valence-corrected chi connectivity index (χ0v) is 23.3. The minimum atomic E-state index is -0.642. The smallest absolute Gasteiger partial charge is 0.308 e. The second-order valence-electron chi connectivity index (χ2n) is 11.2. The molecule has 1 aromatic heterocycles. The fourth-order valence-corrected chi connectivity index (χ4v) is 4.27. The van der Waals surface area contributed by atoms with Crippen molar-refractivity contribution in [3.63, 3.8) is 0 Å². The Bertz CT molecular complexity index is 1350. The van der Waals surface area contributed by atoms with Crippen LogP contribution in [0.1, 0.15) is 75.5 Å². The van der Waals surface area contributed by atoms with E-state index >= 15 is 0 Å². The van der Waals surface area contributed by atoms with Gasteiger partial charge < -0.3 is 14.6 Å². The number of rotatable bonds is 7. The average molecular weight is 523 g/mol. The van der Waals surface area contributed by atoms with E-state index in [1.54, 1.807) is 49.6 Å². The summed E-state index contributed by atoms with van der Waals surface area (Å²) in [6.45, 7) is 11.4. The van der Waals surface area contributed by atoms with Crippen molar-refractivity contribution in [3.8, 4) is 11.1 Å². The third-order valence-electron chi connectivity index (χ3n) is 5.60. The predicted molar refractivity (Wildman–Crippen MR) is 148 cm³/mol. The lowest BCUT2D eigenvalue weighted by molar-refractivity contribution is -0.155. The van der Waals surface area contributed by atoms with Gasteiger partial charge in [0.2, 0.25) is 0 Å². The SMILES string of the molecule is Cn1cc(-c2ccccc2C(=O)c2ccc(Cl)cc2)c(C(CC(=O)OC(C)(C)C)NC(C)(C)C)cc1=O. The number of hydrogen-bond acceptors (Lipinski definition) is 5. The van der Waals surface area contributed by atoms with Crippen LogP contribution >= 0.6 is 11.6 Å². The van der Waals surface area contributed by atoms with E-state index in [0.717, 1.165) is 0 Å². The molecular weight excluding hydrogens is 488 g/mol. The molecule has 0 amide bonds. The van der Waals surface area contributed by atoms with E-state index < -0.39 is 11.6 Å². The number of carbonyl (C=O) groups excluding carboxylic acids is 2. The van der Waals surface area contributed by atoms with Crippen LogP contribution < -0.4 is 10.9 Å². The lowest BCUT2D eigenvalue weighted by Crippen LogP contribution is -2.41. The average Bonchev–Trinajstić information content (AvgIpc) is 2.78. The van der Waals surface area contributed by atoms with Crippen LogP contribution in [-0.2, 0) is 16.6 Å². The zero-order valence-electron chi connectivity index (χ0n) is 22.5. The van der Waals surface area contributed by atoms with E-state index in [0.29, 0.717) is 32.8 Å². The summed E-state index contributed by atoms with van der Waals surface area (Å²) in [5, 5.41) is 4.03. The summed E-state index contributed by atoms with van der Waals surface area (Å²) < 4.78 is 7.08. The number of benzene rings is 2. The molecule has 0 bridgehead atoms. The molecule has 0 aliphatic heterocycles. The van der Waals surface area contributed by atoms with Gasteiger partial charge in [-0.1, -0.05) is 35.9 Å². The first-order valence-corrected chi connectivity index (χ1v) is 12.6. The molecule has 2 aromatic carbocycles. The highest BCUT2D eigenvalue weighted by atomic mass is 35.5. The van der Waals surface area contributed by atoms with Gasteiger partial charge in [0.25, 0.3) is 5.56 Å². The highest BCUT2D eigenvalue weighted by molar-refractivity contribution is 6.30. The van der Waals surface area contributed by atoms with Crippen molar-refractivity contribution >= 4 is 23.4 Å². The summed E-state index contributed by atoms with van der Waals surface area (Å²) in [5.41, 5.74) is 1.73. The maximum atomic E-state index is 13.5.